The maximum absolute atomic E-state index is 11.7. The maximum Gasteiger partial charge on any atom is 0.237 e. The number of nitrogens with two attached hydrogens (primary N) is 1. The van der Waals surface area contributed by atoms with Crippen LogP contribution in [0.25, 0.3) is 0 Å². The van der Waals surface area contributed by atoms with E-state index in [0.717, 1.165) is 5.75 Å². The molecule has 1 heterocycles. The second-order valence-electron chi connectivity index (χ2n) is 5.01. The van der Waals surface area contributed by atoms with Gasteiger partial charge in [-0.15, -0.1) is 0 Å². The zero-order valence-corrected chi connectivity index (χ0v) is 11.3. The Hall–Kier alpha value is -1.75. The fraction of sp³-hybridized carbons (Fsp3) is 0.500. The minimum Gasteiger partial charge on any atom is -0.486 e. The zero-order valence-electron chi connectivity index (χ0n) is 11.3. The Kier molecular flexibility index (Phi) is 4.27. The Morgan fingerprint density at radius 2 is 2.11 bits per heavy atom. The number of rotatable bonds is 4. The van der Waals surface area contributed by atoms with E-state index in [2.05, 4.69) is 5.32 Å². The first kappa shape index (κ1) is 13.7. The van der Waals surface area contributed by atoms with Gasteiger partial charge in [0, 0.05) is 0 Å². The van der Waals surface area contributed by atoms with Gasteiger partial charge in [0.25, 0.3) is 0 Å². The van der Waals surface area contributed by atoms with Gasteiger partial charge in [-0.1, -0.05) is 26.0 Å². The largest absolute Gasteiger partial charge is 0.486 e. The van der Waals surface area contributed by atoms with E-state index in [1.54, 1.807) is 0 Å². The summed E-state index contributed by atoms with van der Waals surface area (Å²) in [5.41, 5.74) is 5.77. The lowest BCUT2D eigenvalue weighted by Gasteiger charge is -2.27. The Morgan fingerprint density at radius 3 is 2.79 bits per heavy atom. The van der Waals surface area contributed by atoms with Gasteiger partial charge in [0.1, 0.15) is 12.7 Å². The molecule has 2 rings (SSSR count). The molecule has 2 unspecified atom stereocenters. The van der Waals surface area contributed by atoms with E-state index >= 15 is 0 Å². The molecule has 1 aromatic carbocycles. The number of amides is 1. The summed E-state index contributed by atoms with van der Waals surface area (Å²) in [7, 11) is 0. The molecule has 0 bridgehead atoms. The number of para-hydroxylation sites is 2. The molecule has 2 atom stereocenters. The van der Waals surface area contributed by atoms with Crippen LogP contribution < -0.4 is 20.5 Å². The Labute approximate surface area is 113 Å². The SMILES string of the molecule is CC(C)C(N)C(=O)NCC1COc2ccccc2O1. The van der Waals surface area contributed by atoms with Crippen molar-refractivity contribution >= 4 is 5.91 Å². The quantitative estimate of drug-likeness (QED) is 0.848. The van der Waals surface area contributed by atoms with E-state index in [-0.39, 0.29) is 17.9 Å². The van der Waals surface area contributed by atoms with Crippen LogP contribution in [0.15, 0.2) is 24.3 Å². The molecule has 19 heavy (non-hydrogen) atoms. The van der Waals surface area contributed by atoms with Crippen LogP contribution in [-0.2, 0) is 4.79 Å². The van der Waals surface area contributed by atoms with E-state index in [1.807, 2.05) is 38.1 Å². The van der Waals surface area contributed by atoms with Crippen molar-refractivity contribution in [3.63, 3.8) is 0 Å². The average molecular weight is 264 g/mol. The smallest absolute Gasteiger partial charge is 0.237 e. The standard InChI is InChI=1S/C14H20N2O3/c1-9(2)13(15)14(17)16-7-10-8-18-11-5-3-4-6-12(11)19-10/h3-6,9-10,13H,7-8,15H2,1-2H3,(H,16,17). The van der Waals surface area contributed by atoms with Crippen LogP contribution in [0.3, 0.4) is 0 Å². The number of hydrogen-bond acceptors (Lipinski definition) is 4. The molecule has 0 saturated carbocycles. The summed E-state index contributed by atoms with van der Waals surface area (Å²) in [5.74, 6) is 1.41. The molecule has 0 spiro atoms. The lowest BCUT2D eigenvalue weighted by atomic mass is 10.1. The topological polar surface area (TPSA) is 73.6 Å². The van der Waals surface area contributed by atoms with Gasteiger partial charge in [-0.25, -0.2) is 0 Å². The van der Waals surface area contributed by atoms with Gasteiger partial charge < -0.3 is 20.5 Å². The number of fused-ring (bicyclic) bond motifs is 1. The molecule has 1 aliphatic rings. The number of carbonyl (C=O) groups excluding carboxylic acids is 1. The third-order valence-corrected chi connectivity index (χ3v) is 3.09. The molecule has 0 aromatic heterocycles. The summed E-state index contributed by atoms with van der Waals surface area (Å²) in [4.78, 5) is 11.7. The zero-order chi connectivity index (χ0) is 13.8. The molecule has 1 aromatic rings. The van der Waals surface area contributed by atoms with Crippen molar-refractivity contribution in [2.45, 2.75) is 26.0 Å². The summed E-state index contributed by atoms with van der Waals surface area (Å²) in [5, 5.41) is 2.80. The van der Waals surface area contributed by atoms with Crippen molar-refractivity contribution in [3.8, 4) is 11.5 Å². The predicted octanol–water partition coefficient (Wildman–Crippen LogP) is 0.926. The Bertz CT molecular complexity index is 448. The van der Waals surface area contributed by atoms with Crippen LogP contribution >= 0.6 is 0 Å². The fourth-order valence-electron chi connectivity index (χ4n) is 1.80. The molecule has 1 amide bonds. The summed E-state index contributed by atoms with van der Waals surface area (Å²) in [6.07, 6.45) is -0.182. The van der Waals surface area contributed by atoms with Crippen molar-refractivity contribution in [1.82, 2.24) is 5.32 Å². The minimum absolute atomic E-state index is 0.115. The first-order valence-corrected chi connectivity index (χ1v) is 6.49. The Morgan fingerprint density at radius 1 is 1.42 bits per heavy atom. The van der Waals surface area contributed by atoms with E-state index < -0.39 is 6.04 Å². The van der Waals surface area contributed by atoms with Crippen molar-refractivity contribution in [3.05, 3.63) is 24.3 Å². The number of benzene rings is 1. The van der Waals surface area contributed by atoms with Gasteiger partial charge in [-0.3, -0.25) is 4.79 Å². The molecular weight excluding hydrogens is 244 g/mol. The van der Waals surface area contributed by atoms with Crippen LogP contribution in [-0.4, -0.2) is 31.2 Å². The van der Waals surface area contributed by atoms with Gasteiger partial charge in [0.2, 0.25) is 5.91 Å². The summed E-state index contributed by atoms with van der Waals surface area (Å²) in [6.45, 7) is 4.66. The number of nitrogens with one attached hydrogen (secondary N) is 1. The predicted molar refractivity (Wildman–Crippen MR) is 72.2 cm³/mol. The summed E-state index contributed by atoms with van der Waals surface area (Å²) >= 11 is 0. The van der Waals surface area contributed by atoms with E-state index in [0.29, 0.717) is 18.9 Å². The molecule has 5 heteroatoms. The van der Waals surface area contributed by atoms with Crippen molar-refractivity contribution in [2.75, 3.05) is 13.2 Å². The number of hydrogen-bond donors (Lipinski definition) is 2. The van der Waals surface area contributed by atoms with Gasteiger partial charge in [-0.05, 0) is 18.1 Å². The molecule has 0 saturated heterocycles. The van der Waals surface area contributed by atoms with Crippen LogP contribution in [0.2, 0.25) is 0 Å². The van der Waals surface area contributed by atoms with Crippen LogP contribution in [0.5, 0.6) is 11.5 Å². The first-order valence-electron chi connectivity index (χ1n) is 6.49. The van der Waals surface area contributed by atoms with E-state index in [4.69, 9.17) is 15.2 Å². The van der Waals surface area contributed by atoms with Crippen LogP contribution in [0.1, 0.15) is 13.8 Å². The number of carbonyl (C=O) groups is 1. The van der Waals surface area contributed by atoms with Gasteiger partial charge in [0.15, 0.2) is 11.5 Å². The van der Waals surface area contributed by atoms with E-state index in [1.165, 1.54) is 0 Å². The second kappa shape index (κ2) is 5.93. The highest BCUT2D eigenvalue weighted by Crippen LogP contribution is 2.30. The third-order valence-electron chi connectivity index (χ3n) is 3.09. The van der Waals surface area contributed by atoms with E-state index in [9.17, 15) is 4.79 Å². The summed E-state index contributed by atoms with van der Waals surface area (Å²) < 4.78 is 11.3. The lowest BCUT2D eigenvalue weighted by Crippen LogP contribution is -2.48. The van der Waals surface area contributed by atoms with Gasteiger partial charge in [-0.2, -0.15) is 0 Å². The maximum atomic E-state index is 11.7. The monoisotopic (exact) mass is 264 g/mol. The minimum atomic E-state index is -0.489. The average Bonchev–Trinajstić information content (AvgIpc) is 2.43. The molecule has 3 N–H and O–H groups in total. The molecule has 0 radical (unpaired) electrons. The van der Waals surface area contributed by atoms with Crippen molar-refractivity contribution < 1.29 is 14.3 Å². The highest BCUT2D eigenvalue weighted by Gasteiger charge is 2.23. The molecule has 104 valence electrons. The molecule has 0 aliphatic carbocycles. The normalized spacial score (nSPS) is 19.1. The summed E-state index contributed by atoms with van der Waals surface area (Å²) in [6, 6.07) is 7.00. The molecule has 5 nitrogen and oxygen atoms in total. The molecule has 1 aliphatic heterocycles. The highest BCUT2D eigenvalue weighted by atomic mass is 16.6. The Balaban J connectivity index is 1.84. The highest BCUT2D eigenvalue weighted by molar-refractivity contribution is 5.81. The van der Waals surface area contributed by atoms with Crippen LogP contribution in [0, 0.1) is 5.92 Å². The van der Waals surface area contributed by atoms with Gasteiger partial charge >= 0.3 is 0 Å². The van der Waals surface area contributed by atoms with Crippen molar-refractivity contribution in [2.24, 2.45) is 11.7 Å². The first-order chi connectivity index (χ1) is 9.08. The molecule has 0 fully saturated rings. The lowest BCUT2D eigenvalue weighted by molar-refractivity contribution is -0.123. The second-order valence-corrected chi connectivity index (χ2v) is 5.01. The van der Waals surface area contributed by atoms with Crippen LogP contribution in [0.4, 0.5) is 0 Å². The van der Waals surface area contributed by atoms with Gasteiger partial charge in [0.05, 0.1) is 12.6 Å². The van der Waals surface area contributed by atoms with Crippen molar-refractivity contribution in [1.29, 1.82) is 0 Å². The third kappa shape index (κ3) is 3.38. The molecular formula is C14H20N2O3. The number of ether oxygens (including phenoxy) is 2. The fourth-order valence-corrected chi connectivity index (χ4v) is 1.80.